The van der Waals surface area contributed by atoms with Crippen molar-refractivity contribution in [2.24, 2.45) is 0 Å². The lowest BCUT2D eigenvalue weighted by Crippen LogP contribution is -2.17. The van der Waals surface area contributed by atoms with Gasteiger partial charge in [-0.3, -0.25) is 0 Å². The number of H-pyrrole nitrogens is 1. The molecule has 1 unspecified atom stereocenters. The molecule has 1 aromatic heterocycles. The average molecular weight is 364 g/mol. The molecule has 2 aliphatic rings. The van der Waals surface area contributed by atoms with Gasteiger partial charge in [0.25, 0.3) is 0 Å². The smallest absolute Gasteiger partial charge is 0.0456 e. The van der Waals surface area contributed by atoms with Crippen molar-refractivity contribution >= 4 is 16.6 Å². The first-order chi connectivity index (χ1) is 13.8. The Morgan fingerprint density at radius 1 is 0.786 bits per heavy atom. The van der Waals surface area contributed by atoms with Gasteiger partial charge in [0.05, 0.1) is 0 Å². The summed E-state index contributed by atoms with van der Waals surface area (Å²) in [5.41, 5.74) is 18.6. The molecule has 0 saturated heterocycles. The van der Waals surface area contributed by atoms with E-state index in [1.165, 1.54) is 58.1 Å². The highest BCUT2D eigenvalue weighted by Crippen LogP contribution is 2.44. The minimum absolute atomic E-state index is 0.476. The molecule has 4 aromatic rings. The third kappa shape index (κ3) is 2.27. The molecular formula is C26H24N2. The fourth-order valence-electron chi connectivity index (χ4n) is 5.50. The summed E-state index contributed by atoms with van der Waals surface area (Å²) < 4.78 is 0. The number of hydrogen-bond acceptors (Lipinski definition) is 1. The van der Waals surface area contributed by atoms with Crippen molar-refractivity contribution in [3.8, 4) is 11.1 Å². The van der Waals surface area contributed by atoms with Gasteiger partial charge in [-0.2, -0.15) is 0 Å². The largest absolute Gasteiger partial charge is 0.398 e. The summed E-state index contributed by atoms with van der Waals surface area (Å²) >= 11 is 0. The number of fused-ring (bicyclic) bond motifs is 6. The van der Waals surface area contributed by atoms with E-state index in [9.17, 15) is 0 Å². The summed E-state index contributed by atoms with van der Waals surface area (Å²) in [7, 11) is 0. The average Bonchev–Trinajstić information content (AvgIpc) is 3.17. The molecule has 0 amide bonds. The van der Waals surface area contributed by atoms with Gasteiger partial charge in [-0.1, -0.05) is 42.5 Å². The highest BCUT2D eigenvalue weighted by atomic mass is 14.7. The standard InChI is InChI=1S/C26H24N2/c27-24-9-4-7-18-20-11-12-21-17(19(20)13-14-22(18)24)6-3-8-23(21)26-15-16-5-1-2-10-25(16)28-26/h1-2,4-5,7,9-12,15,23,28H,3,6,8,13-14,27H2. The number of nitrogen functional groups attached to an aromatic ring is 1. The summed E-state index contributed by atoms with van der Waals surface area (Å²) in [6.07, 6.45) is 5.85. The van der Waals surface area contributed by atoms with Crippen molar-refractivity contribution < 1.29 is 0 Å². The molecule has 138 valence electrons. The second-order valence-electron chi connectivity index (χ2n) is 8.29. The van der Waals surface area contributed by atoms with Crippen LogP contribution in [0, 0.1) is 0 Å². The molecule has 6 rings (SSSR count). The monoisotopic (exact) mass is 364 g/mol. The lowest BCUT2D eigenvalue weighted by atomic mass is 9.74. The van der Waals surface area contributed by atoms with Gasteiger partial charge in [-0.15, -0.1) is 0 Å². The Balaban J connectivity index is 1.50. The number of aromatic nitrogens is 1. The molecule has 0 bridgehead atoms. The van der Waals surface area contributed by atoms with Crippen LogP contribution in [0.15, 0.2) is 60.7 Å². The van der Waals surface area contributed by atoms with E-state index in [1.54, 1.807) is 11.1 Å². The summed E-state index contributed by atoms with van der Waals surface area (Å²) in [4.78, 5) is 3.69. The maximum atomic E-state index is 6.27. The Kier molecular flexibility index (Phi) is 3.43. The van der Waals surface area contributed by atoms with E-state index in [2.05, 4.69) is 59.6 Å². The molecule has 0 spiro atoms. The number of hydrogen-bond donors (Lipinski definition) is 2. The third-order valence-corrected chi connectivity index (χ3v) is 6.82. The van der Waals surface area contributed by atoms with Crippen molar-refractivity contribution in [3.05, 3.63) is 88.6 Å². The van der Waals surface area contributed by atoms with Crippen molar-refractivity contribution in [1.29, 1.82) is 0 Å². The summed E-state index contributed by atoms with van der Waals surface area (Å²) in [5.74, 6) is 0.476. The van der Waals surface area contributed by atoms with E-state index >= 15 is 0 Å². The predicted molar refractivity (Wildman–Crippen MR) is 117 cm³/mol. The van der Waals surface area contributed by atoms with E-state index in [4.69, 9.17) is 5.73 Å². The van der Waals surface area contributed by atoms with Crippen LogP contribution in [0.5, 0.6) is 0 Å². The van der Waals surface area contributed by atoms with Crippen LogP contribution in [0.4, 0.5) is 5.69 Å². The third-order valence-electron chi connectivity index (χ3n) is 6.82. The topological polar surface area (TPSA) is 41.8 Å². The van der Waals surface area contributed by atoms with Crippen LogP contribution in [0.1, 0.15) is 46.7 Å². The number of nitrogens with one attached hydrogen (secondary N) is 1. The van der Waals surface area contributed by atoms with E-state index in [1.807, 2.05) is 6.07 Å². The van der Waals surface area contributed by atoms with Gasteiger partial charge in [0.15, 0.2) is 0 Å². The lowest BCUT2D eigenvalue weighted by Gasteiger charge is -2.31. The molecule has 1 atom stereocenters. The van der Waals surface area contributed by atoms with Crippen LogP contribution in [0.25, 0.3) is 22.0 Å². The van der Waals surface area contributed by atoms with Gasteiger partial charge >= 0.3 is 0 Å². The molecular weight excluding hydrogens is 340 g/mol. The Morgan fingerprint density at radius 3 is 2.57 bits per heavy atom. The maximum Gasteiger partial charge on any atom is 0.0456 e. The van der Waals surface area contributed by atoms with E-state index in [0.717, 1.165) is 18.5 Å². The minimum Gasteiger partial charge on any atom is -0.398 e. The van der Waals surface area contributed by atoms with E-state index in [0.29, 0.717) is 5.92 Å². The normalized spacial score (nSPS) is 17.8. The highest BCUT2D eigenvalue weighted by Gasteiger charge is 2.28. The van der Waals surface area contributed by atoms with Crippen molar-refractivity contribution in [2.45, 2.75) is 38.0 Å². The van der Waals surface area contributed by atoms with Gasteiger partial charge in [0.2, 0.25) is 0 Å². The summed E-state index contributed by atoms with van der Waals surface area (Å²) in [5, 5.41) is 1.31. The number of rotatable bonds is 1. The zero-order valence-electron chi connectivity index (χ0n) is 16.0. The predicted octanol–water partition coefficient (Wildman–Crippen LogP) is 5.98. The van der Waals surface area contributed by atoms with E-state index in [-0.39, 0.29) is 0 Å². The number of para-hydroxylation sites is 1. The molecule has 0 aliphatic heterocycles. The van der Waals surface area contributed by atoms with Gasteiger partial charge < -0.3 is 10.7 Å². The van der Waals surface area contributed by atoms with Crippen LogP contribution in [0.2, 0.25) is 0 Å². The first-order valence-corrected chi connectivity index (χ1v) is 10.4. The summed E-state index contributed by atoms with van der Waals surface area (Å²) in [6.45, 7) is 0. The second kappa shape index (κ2) is 6.00. The Morgan fingerprint density at radius 2 is 1.64 bits per heavy atom. The molecule has 28 heavy (non-hydrogen) atoms. The molecule has 2 heteroatoms. The first kappa shape index (κ1) is 16.0. The van der Waals surface area contributed by atoms with Crippen molar-refractivity contribution in [1.82, 2.24) is 4.98 Å². The quantitative estimate of drug-likeness (QED) is 0.401. The van der Waals surface area contributed by atoms with Crippen LogP contribution in [0.3, 0.4) is 0 Å². The first-order valence-electron chi connectivity index (χ1n) is 10.4. The fraction of sp³-hybridized carbons (Fsp3) is 0.231. The molecule has 3 aromatic carbocycles. The minimum atomic E-state index is 0.476. The summed E-state index contributed by atoms with van der Waals surface area (Å²) in [6, 6.07) is 22.1. The zero-order valence-corrected chi connectivity index (χ0v) is 16.0. The number of benzene rings is 3. The highest BCUT2D eigenvalue weighted by molar-refractivity contribution is 5.81. The molecule has 0 fully saturated rings. The van der Waals surface area contributed by atoms with Crippen LogP contribution >= 0.6 is 0 Å². The molecule has 1 heterocycles. The molecule has 0 radical (unpaired) electrons. The van der Waals surface area contributed by atoms with Gasteiger partial charge in [-0.25, -0.2) is 0 Å². The molecule has 3 N–H and O–H groups in total. The number of anilines is 1. The number of aromatic amines is 1. The van der Waals surface area contributed by atoms with Crippen LogP contribution in [-0.4, -0.2) is 4.98 Å². The second-order valence-corrected chi connectivity index (χ2v) is 8.29. The molecule has 2 nitrogen and oxygen atoms in total. The van der Waals surface area contributed by atoms with E-state index < -0.39 is 0 Å². The zero-order chi connectivity index (χ0) is 18.7. The molecule has 2 aliphatic carbocycles. The van der Waals surface area contributed by atoms with Crippen molar-refractivity contribution in [2.75, 3.05) is 5.73 Å². The molecule has 0 saturated carbocycles. The van der Waals surface area contributed by atoms with Crippen molar-refractivity contribution in [3.63, 3.8) is 0 Å². The Labute approximate surface area is 165 Å². The Hall–Kier alpha value is -3.00. The Bertz CT molecular complexity index is 1180. The lowest BCUT2D eigenvalue weighted by molar-refractivity contribution is 0.602. The maximum absolute atomic E-state index is 6.27. The van der Waals surface area contributed by atoms with Crippen LogP contribution < -0.4 is 5.73 Å². The van der Waals surface area contributed by atoms with Crippen LogP contribution in [-0.2, 0) is 19.3 Å². The van der Waals surface area contributed by atoms with Gasteiger partial charge in [0, 0.05) is 22.8 Å². The number of nitrogens with two attached hydrogens (primary N) is 1. The SMILES string of the molecule is Nc1cccc2c1CCc1c-2ccc2c1CCCC2c1cc2ccccc2[nH]1. The fourth-order valence-corrected chi connectivity index (χ4v) is 5.50. The van der Waals surface area contributed by atoms with Gasteiger partial charge in [0.1, 0.15) is 0 Å². The van der Waals surface area contributed by atoms with Gasteiger partial charge in [-0.05, 0) is 89.1 Å².